The average molecular weight is 511 g/mol. The van der Waals surface area contributed by atoms with E-state index in [-0.39, 0.29) is 0 Å². The molecule has 0 heterocycles. The molecule has 0 amide bonds. The van der Waals surface area contributed by atoms with Crippen molar-refractivity contribution in [2.45, 2.75) is 118 Å². The summed E-state index contributed by atoms with van der Waals surface area (Å²) < 4.78 is 0. The van der Waals surface area contributed by atoms with Crippen molar-refractivity contribution in [2.75, 3.05) is 0 Å². The van der Waals surface area contributed by atoms with Gasteiger partial charge >= 0.3 is 0 Å². The fourth-order valence-electron chi connectivity index (χ4n) is 4.50. The van der Waals surface area contributed by atoms with Crippen LogP contribution in [0.3, 0.4) is 0 Å². The Morgan fingerprint density at radius 3 is 0.567 bits per heavy atom. The Labute approximate surface area is 197 Å². The second-order valence-electron chi connectivity index (χ2n) is 15.2. The molecule has 0 aromatic rings. The Balaban J connectivity index is 8.09. The van der Waals surface area contributed by atoms with Gasteiger partial charge in [-0.25, -0.2) is 0 Å². The van der Waals surface area contributed by atoms with Gasteiger partial charge in [0, 0.05) is 0 Å². The van der Waals surface area contributed by atoms with E-state index in [1.165, 1.54) is 0 Å². The molecule has 0 fully saturated rings. The molecular weight excluding hydrogens is 457 g/mol. The van der Waals surface area contributed by atoms with Gasteiger partial charge in [-0.15, -0.1) is 11.5 Å². The van der Waals surface area contributed by atoms with Gasteiger partial charge in [-0.1, -0.05) is 127 Å². The maximum Gasteiger partial charge on any atom is 0.0881 e. The van der Waals surface area contributed by atoms with E-state index >= 15 is 0 Å². The molecule has 0 rings (SSSR count). The highest BCUT2D eigenvalue weighted by Gasteiger charge is 2.37. The Hall–Kier alpha value is 0.341. The highest BCUT2D eigenvalue weighted by atomic mass is 28.4. The van der Waals surface area contributed by atoms with Gasteiger partial charge in [0.1, 0.15) is 0 Å². The van der Waals surface area contributed by atoms with Crippen LogP contribution in [0, 0.1) is 0 Å². The molecule has 0 saturated heterocycles. The topological polar surface area (TPSA) is 0 Å². The molecular formula is C24H54Si6. The van der Waals surface area contributed by atoms with E-state index in [0.29, 0.717) is 0 Å². The lowest BCUT2D eigenvalue weighted by Gasteiger charge is -2.34. The van der Waals surface area contributed by atoms with Crippen molar-refractivity contribution in [3.63, 3.8) is 0 Å². The molecule has 0 aliphatic carbocycles. The van der Waals surface area contributed by atoms with E-state index in [2.05, 4.69) is 129 Å². The van der Waals surface area contributed by atoms with Gasteiger partial charge in [-0.2, -0.15) is 0 Å². The van der Waals surface area contributed by atoms with Crippen molar-refractivity contribution < 1.29 is 0 Å². The van der Waals surface area contributed by atoms with Crippen molar-refractivity contribution in [1.82, 2.24) is 0 Å². The number of hydrogen-bond acceptors (Lipinski definition) is 0. The van der Waals surface area contributed by atoms with Crippen molar-refractivity contribution in [1.29, 1.82) is 0 Å². The van der Waals surface area contributed by atoms with Crippen LogP contribution in [0.1, 0.15) is 0 Å². The molecule has 0 N–H and O–H groups in total. The van der Waals surface area contributed by atoms with E-state index in [0.717, 1.165) is 0 Å². The molecule has 6 heteroatoms. The van der Waals surface area contributed by atoms with Crippen molar-refractivity contribution >= 4 is 48.4 Å². The van der Waals surface area contributed by atoms with E-state index in [1.54, 1.807) is 20.0 Å². The molecule has 0 saturated carbocycles. The van der Waals surface area contributed by atoms with Crippen LogP contribution in [0.25, 0.3) is 0 Å². The maximum atomic E-state index is 4.26. The first-order chi connectivity index (χ1) is 12.7. The van der Waals surface area contributed by atoms with Gasteiger partial charge < -0.3 is 0 Å². The van der Waals surface area contributed by atoms with E-state index in [1.807, 2.05) is 0 Å². The number of hydrogen-bond donors (Lipinski definition) is 0. The molecule has 174 valence electrons. The fourth-order valence-corrected chi connectivity index (χ4v) is 29.9. The summed E-state index contributed by atoms with van der Waals surface area (Å²) in [5, 5.41) is 3.21. The molecule has 30 heavy (non-hydrogen) atoms. The maximum absolute atomic E-state index is 4.26. The zero-order chi connectivity index (χ0) is 24.7. The lowest BCUT2D eigenvalue weighted by Crippen LogP contribution is -2.42. The summed E-state index contributed by atoms with van der Waals surface area (Å²) in [7, 11) is -8.88. The minimum absolute atomic E-state index is 1.43. The molecule has 0 aromatic heterocycles. The number of rotatable bonds is 7. The molecule has 0 aromatic carbocycles. The van der Waals surface area contributed by atoms with Gasteiger partial charge in [0.15, 0.2) is 0 Å². The van der Waals surface area contributed by atoms with Crippen molar-refractivity contribution in [2.24, 2.45) is 0 Å². The monoisotopic (exact) mass is 510 g/mol. The third kappa shape index (κ3) is 9.07. The molecule has 0 spiro atoms. The highest BCUT2D eigenvalue weighted by Crippen LogP contribution is 2.34. The van der Waals surface area contributed by atoms with Crippen LogP contribution in [0.5, 0.6) is 0 Å². The third-order valence-corrected chi connectivity index (χ3v) is 24.8. The molecule has 0 radical (unpaired) electrons. The summed E-state index contributed by atoms with van der Waals surface area (Å²) in [6, 6.07) is 0. The molecule has 0 atom stereocenters. The van der Waals surface area contributed by atoms with Crippen molar-refractivity contribution in [3.8, 4) is 0 Å². The first-order valence-electron chi connectivity index (χ1n) is 11.8. The molecule has 0 aliphatic rings. The lowest BCUT2D eigenvalue weighted by molar-refractivity contribution is 1.53. The predicted octanol–water partition coefficient (Wildman–Crippen LogP) is 9.15. The minimum atomic E-state index is -1.58. The SMILES string of the molecule is C[Si](C)(C)C(=C=C([Si](C)(C)C)[Si](C)(C)C)C(=C=C([Si](C)(C)C)[Si](C)(C)C)[Si](C)(C)C. The molecule has 0 unspecified atom stereocenters. The Kier molecular flexibility index (Phi) is 9.41. The minimum Gasteiger partial charge on any atom is -0.131 e. The normalized spacial score (nSPS) is 14.1. The van der Waals surface area contributed by atoms with Crippen molar-refractivity contribution in [3.05, 3.63) is 31.5 Å². The molecule has 0 bridgehead atoms. The largest absolute Gasteiger partial charge is 0.131 e. The van der Waals surface area contributed by atoms with E-state index < -0.39 is 48.4 Å². The Morgan fingerprint density at radius 2 is 0.467 bits per heavy atom. The van der Waals surface area contributed by atoms with Gasteiger partial charge in [0.25, 0.3) is 0 Å². The quantitative estimate of drug-likeness (QED) is 0.182. The average Bonchev–Trinajstić information content (AvgIpc) is 2.32. The second kappa shape index (κ2) is 9.30. The zero-order valence-electron chi connectivity index (χ0n) is 24.0. The van der Waals surface area contributed by atoms with Gasteiger partial charge in [0.2, 0.25) is 0 Å². The lowest BCUT2D eigenvalue weighted by atomic mass is 10.5. The second-order valence-corrected chi connectivity index (χ2v) is 46.2. The summed E-state index contributed by atoms with van der Waals surface area (Å²) in [6.07, 6.45) is 0. The van der Waals surface area contributed by atoms with Crippen LogP contribution in [-0.4, -0.2) is 48.4 Å². The van der Waals surface area contributed by atoms with Crippen LogP contribution in [0.15, 0.2) is 31.5 Å². The van der Waals surface area contributed by atoms with Gasteiger partial charge in [-0.05, 0) is 10.4 Å². The fraction of sp³-hybridized carbons (Fsp3) is 0.750. The van der Waals surface area contributed by atoms with Crippen LogP contribution in [0.2, 0.25) is 118 Å². The van der Waals surface area contributed by atoms with Gasteiger partial charge in [0.05, 0.1) is 48.4 Å². The van der Waals surface area contributed by atoms with Gasteiger partial charge in [-0.3, -0.25) is 0 Å². The number of allylic oxidation sites excluding steroid dienone is 2. The smallest absolute Gasteiger partial charge is 0.0881 e. The highest BCUT2D eigenvalue weighted by molar-refractivity contribution is 7.05. The first-order valence-corrected chi connectivity index (χ1v) is 32.8. The predicted molar refractivity (Wildman–Crippen MR) is 161 cm³/mol. The van der Waals surface area contributed by atoms with Crippen LogP contribution >= 0.6 is 0 Å². The zero-order valence-corrected chi connectivity index (χ0v) is 30.0. The summed E-state index contributed by atoms with van der Waals surface area (Å²) >= 11 is 0. The summed E-state index contributed by atoms with van der Waals surface area (Å²) in [5.74, 6) is 0. The third-order valence-electron chi connectivity index (χ3n) is 5.25. The summed E-state index contributed by atoms with van der Waals surface area (Å²) in [5.41, 5.74) is 8.52. The summed E-state index contributed by atoms with van der Waals surface area (Å²) in [6.45, 7) is 45.5. The van der Waals surface area contributed by atoms with Crippen LogP contribution in [0.4, 0.5) is 0 Å². The van der Waals surface area contributed by atoms with E-state index in [4.69, 9.17) is 0 Å². The first kappa shape index (κ1) is 30.3. The Bertz CT molecular complexity index is 660. The molecule has 0 nitrogen and oxygen atoms in total. The van der Waals surface area contributed by atoms with Crippen LogP contribution in [-0.2, 0) is 0 Å². The molecule has 0 aliphatic heterocycles. The Morgan fingerprint density at radius 1 is 0.300 bits per heavy atom. The summed E-state index contributed by atoms with van der Waals surface area (Å²) in [4.78, 5) is 3.46. The van der Waals surface area contributed by atoms with E-state index in [9.17, 15) is 0 Å². The standard InChI is InChI=1S/C24H54Si6/c1-25(2,3)21(19-23(27(7,8)9)28(10,11)12)22(26(4,5)6)20-24(29(13,14)15)30(16,17)18/h1-18H3. The van der Waals surface area contributed by atoms with Crippen LogP contribution < -0.4 is 0 Å².